The first-order valence-corrected chi connectivity index (χ1v) is 6.69. The van der Waals surface area contributed by atoms with Gasteiger partial charge in [0.05, 0.1) is 13.2 Å². The van der Waals surface area contributed by atoms with Crippen molar-refractivity contribution in [3.63, 3.8) is 0 Å². The SMILES string of the molecule is FOC(F)(F)SOC1=CC(COCc2ccccc2)C1. The fourth-order valence-electron chi connectivity index (χ4n) is 1.67. The molecule has 0 heterocycles. The van der Waals surface area contributed by atoms with Gasteiger partial charge in [0.15, 0.2) is 12.0 Å². The van der Waals surface area contributed by atoms with Gasteiger partial charge in [-0.05, 0) is 16.2 Å². The molecule has 1 aromatic carbocycles. The van der Waals surface area contributed by atoms with Crippen LogP contribution in [0, 0.1) is 5.92 Å². The third-order valence-electron chi connectivity index (χ3n) is 2.66. The van der Waals surface area contributed by atoms with E-state index in [0.717, 1.165) is 5.56 Å². The Balaban J connectivity index is 1.61. The molecule has 0 amide bonds. The molecule has 0 saturated heterocycles. The van der Waals surface area contributed by atoms with E-state index in [-0.39, 0.29) is 18.0 Å². The molecule has 0 bridgehead atoms. The van der Waals surface area contributed by atoms with E-state index in [1.54, 1.807) is 6.08 Å². The fraction of sp³-hybridized carbons (Fsp3) is 0.385. The van der Waals surface area contributed by atoms with Gasteiger partial charge in [-0.3, -0.25) is 0 Å². The number of ether oxygens (including phenoxy) is 1. The van der Waals surface area contributed by atoms with Crippen molar-refractivity contribution in [3.05, 3.63) is 47.7 Å². The Bertz CT molecular complexity index is 453. The molecule has 1 aliphatic rings. The molecule has 0 N–H and O–H groups in total. The van der Waals surface area contributed by atoms with Gasteiger partial charge >= 0.3 is 5.44 Å². The minimum absolute atomic E-state index is 0.134. The maximum atomic E-state index is 12.3. The highest BCUT2D eigenvalue weighted by atomic mass is 32.2. The van der Waals surface area contributed by atoms with Crippen molar-refractivity contribution < 1.29 is 27.2 Å². The molecule has 2 rings (SSSR count). The molecule has 20 heavy (non-hydrogen) atoms. The van der Waals surface area contributed by atoms with E-state index in [4.69, 9.17) is 4.74 Å². The first kappa shape index (κ1) is 15.2. The van der Waals surface area contributed by atoms with Crippen molar-refractivity contribution >= 4 is 12.0 Å². The maximum Gasteiger partial charge on any atom is 0.474 e. The Hall–Kier alpha value is -1.18. The summed E-state index contributed by atoms with van der Waals surface area (Å²) in [5.41, 5.74) is -2.90. The standard InChI is InChI=1S/C13H13F3O3S/c14-13(15,19-16)20-18-12-6-11(7-12)9-17-8-10-4-2-1-3-5-10/h1-6,11H,7-9H2. The van der Waals surface area contributed by atoms with Crippen LogP contribution in [0.4, 0.5) is 13.3 Å². The van der Waals surface area contributed by atoms with Crippen LogP contribution in [-0.2, 0) is 20.5 Å². The first-order chi connectivity index (χ1) is 9.59. The Morgan fingerprint density at radius 3 is 2.60 bits per heavy atom. The van der Waals surface area contributed by atoms with Crippen LogP contribution in [-0.4, -0.2) is 12.0 Å². The zero-order valence-corrected chi connectivity index (χ0v) is 11.2. The van der Waals surface area contributed by atoms with Crippen LogP contribution in [0.1, 0.15) is 12.0 Å². The normalized spacial score (nSPS) is 18.4. The van der Waals surface area contributed by atoms with Crippen molar-refractivity contribution in [3.8, 4) is 0 Å². The molecule has 7 heteroatoms. The zero-order valence-electron chi connectivity index (χ0n) is 10.4. The number of alkyl halides is 2. The van der Waals surface area contributed by atoms with Gasteiger partial charge in [0, 0.05) is 12.3 Å². The number of hydrogen-bond acceptors (Lipinski definition) is 4. The Morgan fingerprint density at radius 1 is 1.25 bits per heavy atom. The van der Waals surface area contributed by atoms with Crippen molar-refractivity contribution in [2.75, 3.05) is 6.61 Å². The summed E-state index contributed by atoms with van der Waals surface area (Å²) in [6.45, 7) is 0.992. The van der Waals surface area contributed by atoms with Crippen LogP contribution in [0.25, 0.3) is 0 Å². The molecule has 0 radical (unpaired) electrons. The van der Waals surface area contributed by atoms with Crippen molar-refractivity contribution in [1.82, 2.24) is 0 Å². The van der Waals surface area contributed by atoms with Gasteiger partial charge in [-0.2, -0.15) is 8.78 Å². The minimum atomic E-state index is -3.98. The van der Waals surface area contributed by atoms with Crippen LogP contribution < -0.4 is 0 Å². The number of halogens is 3. The summed E-state index contributed by atoms with van der Waals surface area (Å²) in [6.07, 6.45) is 2.16. The second kappa shape index (κ2) is 7.01. The number of benzene rings is 1. The van der Waals surface area contributed by atoms with Gasteiger partial charge in [0.25, 0.3) is 0 Å². The smallest absolute Gasteiger partial charge is 0.422 e. The van der Waals surface area contributed by atoms with E-state index in [1.165, 1.54) is 0 Å². The highest BCUT2D eigenvalue weighted by molar-refractivity contribution is 7.95. The van der Waals surface area contributed by atoms with Crippen molar-refractivity contribution in [2.24, 2.45) is 5.92 Å². The maximum absolute atomic E-state index is 12.3. The molecule has 1 unspecified atom stereocenters. The number of allylic oxidation sites excluding steroid dienone is 1. The molecule has 0 aromatic heterocycles. The molecule has 0 aliphatic heterocycles. The second-order valence-electron chi connectivity index (χ2n) is 4.31. The molecule has 1 atom stereocenters. The zero-order chi connectivity index (χ0) is 14.4. The molecule has 1 aliphatic carbocycles. The molecule has 0 spiro atoms. The first-order valence-electron chi connectivity index (χ1n) is 5.94. The highest BCUT2D eigenvalue weighted by Crippen LogP contribution is 2.37. The number of hydrogen-bond donors (Lipinski definition) is 0. The summed E-state index contributed by atoms with van der Waals surface area (Å²) in [7, 11) is 0. The van der Waals surface area contributed by atoms with Crippen LogP contribution in [0.15, 0.2) is 42.2 Å². The second-order valence-corrected chi connectivity index (χ2v) is 5.11. The van der Waals surface area contributed by atoms with E-state index < -0.39 is 5.44 Å². The summed E-state index contributed by atoms with van der Waals surface area (Å²) in [6, 6.07) is 9.70. The average molecular weight is 306 g/mol. The highest BCUT2D eigenvalue weighted by Gasteiger charge is 2.37. The summed E-state index contributed by atoms with van der Waals surface area (Å²) in [5.74, 6) is 0.509. The lowest BCUT2D eigenvalue weighted by Gasteiger charge is -2.24. The number of rotatable bonds is 8. The van der Waals surface area contributed by atoms with Gasteiger partial charge in [-0.15, -0.1) is 4.94 Å². The molecule has 1 aromatic rings. The fourth-order valence-corrected chi connectivity index (χ4v) is 2.03. The van der Waals surface area contributed by atoms with Gasteiger partial charge < -0.3 is 8.92 Å². The third-order valence-corrected chi connectivity index (χ3v) is 3.22. The lowest BCUT2D eigenvalue weighted by atomic mass is 9.94. The molecular weight excluding hydrogens is 293 g/mol. The monoisotopic (exact) mass is 306 g/mol. The predicted octanol–water partition coefficient (Wildman–Crippen LogP) is 4.22. The summed E-state index contributed by atoms with van der Waals surface area (Å²) in [5, 5.41) is 0. The van der Waals surface area contributed by atoms with Crippen molar-refractivity contribution in [2.45, 2.75) is 18.5 Å². The van der Waals surface area contributed by atoms with E-state index >= 15 is 0 Å². The largest absolute Gasteiger partial charge is 0.474 e. The third kappa shape index (κ3) is 4.73. The molecule has 110 valence electrons. The lowest BCUT2D eigenvalue weighted by Crippen LogP contribution is -2.19. The average Bonchev–Trinajstić information content (AvgIpc) is 2.41. The van der Waals surface area contributed by atoms with Crippen LogP contribution >= 0.6 is 12.0 Å². The van der Waals surface area contributed by atoms with E-state index in [9.17, 15) is 13.3 Å². The lowest BCUT2D eigenvalue weighted by molar-refractivity contribution is -0.302. The quantitative estimate of drug-likeness (QED) is 0.531. The van der Waals surface area contributed by atoms with Gasteiger partial charge in [-0.1, -0.05) is 30.3 Å². The topological polar surface area (TPSA) is 27.7 Å². The van der Waals surface area contributed by atoms with Gasteiger partial charge in [-0.25, -0.2) is 0 Å². The van der Waals surface area contributed by atoms with Crippen LogP contribution in [0.2, 0.25) is 0 Å². The summed E-state index contributed by atoms with van der Waals surface area (Å²) in [4.78, 5) is 2.45. The Labute approximate surface area is 118 Å². The molecule has 0 fully saturated rings. The van der Waals surface area contributed by atoms with Gasteiger partial charge in [0.1, 0.15) is 5.76 Å². The van der Waals surface area contributed by atoms with E-state index in [1.807, 2.05) is 30.3 Å². The van der Waals surface area contributed by atoms with Crippen LogP contribution in [0.3, 0.4) is 0 Å². The molecular formula is C13H13F3O3S. The Morgan fingerprint density at radius 2 is 1.95 bits per heavy atom. The molecule has 3 nitrogen and oxygen atoms in total. The van der Waals surface area contributed by atoms with Crippen LogP contribution in [0.5, 0.6) is 0 Å². The molecule has 0 saturated carbocycles. The summed E-state index contributed by atoms with van der Waals surface area (Å²) >= 11 is -0.354. The van der Waals surface area contributed by atoms with E-state index in [0.29, 0.717) is 25.4 Å². The Kier molecular flexibility index (Phi) is 5.33. The summed E-state index contributed by atoms with van der Waals surface area (Å²) < 4.78 is 46.2. The predicted molar refractivity (Wildman–Crippen MR) is 68.1 cm³/mol. The van der Waals surface area contributed by atoms with Gasteiger partial charge in [0.2, 0.25) is 0 Å². The minimum Gasteiger partial charge on any atom is -0.422 e. The van der Waals surface area contributed by atoms with E-state index in [2.05, 4.69) is 9.12 Å². The van der Waals surface area contributed by atoms with Crippen molar-refractivity contribution in [1.29, 1.82) is 0 Å².